The fraction of sp³-hybridized carbons (Fsp3) is 0.450. The van der Waals surface area contributed by atoms with Gasteiger partial charge in [-0.2, -0.15) is 0 Å². The van der Waals surface area contributed by atoms with Crippen LogP contribution in [0.4, 0.5) is 4.79 Å². The maximum atomic E-state index is 13.5. The lowest BCUT2D eigenvalue weighted by molar-refractivity contribution is -0.186. The summed E-state index contributed by atoms with van der Waals surface area (Å²) in [6.45, 7) is 10.9. The molecule has 5 atom stereocenters. The van der Waals surface area contributed by atoms with E-state index >= 15 is 0 Å². The van der Waals surface area contributed by atoms with Crippen molar-refractivity contribution in [1.29, 1.82) is 0 Å². The van der Waals surface area contributed by atoms with E-state index in [9.17, 15) is 9.59 Å². The van der Waals surface area contributed by atoms with Crippen molar-refractivity contribution in [3.05, 3.63) is 108 Å². The van der Waals surface area contributed by atoms with Gasteiger partial charge in [-0.3, -0.25) is 4.79 Å². The van der Waals surface area contributed by atoms with E-state index in [1.807, 2.05) is 86.7 Å². The second-order valence-electron chi connectivity index (χ2n) is 14.9. The molecule has 6 rings (SSSR count). The first-order chi connectivity index (χ1) is 24.4. The van der Waals surface area contributed by atoms with Crippen molar-refractivity contribution in [2.45, 2.75) is 82.3 Å². The molecule has 51 heavy (non-hydrogen) atoms. The molecule has 0 aromatic heterocycles. The summed E-state index contributed by atoms with van der Waals surface area (Å²) in [5, 5.41) is 4.95. The molecule has 11 heteroatoms. The van der Waals surface area contributed by atoms with Gasteiger partial charge in [0.2, 0.25) is 0 Å². The summed E-state index contributed by atoms with van der Waals surface area (Å²) in [5.41, 5.74) is 0.392. The number of amides is 1. The molecule has 1 amide bonds. The summed E-state index contributed by atoms with van der Waals surface area (Å²) < 4.78 is 43.7. The van der Waals surface area contributed by atoms with Crippen molar-refractivity contribution in [3.63, 3.8) is 0 Å². The molecule has 272 valence electrons. The Morgan fingerprint density at radius 2 is 1.53 bits per heavy atom. The van der Waals surface area contributed by atoms with Crippen LogP contribution in [0.25, 0.3) is 0 Å². The van der Waals surface area contributed by atoms with Gasteiger partial charge in [-0.15, -0.1) is 0 Å². The van der Waals surface area contributed by atoms with Crippen molar-refractivity contribution in [2.75, 3.05) is 27.1 Å². The maximum Gasteiger partial charge on any atom is 0.408 e. The molecule has 2 fully saturated rings. The molecule has 10 nitrogen and oxygen atoms in total. The molecule has 1 N–H and O–H groups in total. The molecule has 2 aliphatic heterocycles. The van der Waals surface area contributed by atoms with E-state index in [0.29, 0.717) is 12.2 Å². The summed E-state index contributed by atoms with van der Waals surface area (Å²) in [5.74, 6) is -2.02. The first kappa shape index (κ1) is 36.9. The lowest BCUT2D eigenvalue weighted by atomic mass is 9.65. The van der Waals surface area contributed by atoms with Crippen molar-refractivity contribution in [1.82, 2.24) is 5.32 Å². The van der Waals surface area contributed by atoms with Gasteiger partial charge in [0.25, 0.3) is 8.32 Å². The Morgan fingerprint density at radius 1 is 0.922 bits per heavy atom. The highest BCUT2D eigenvalue weighted by atomic mass is 28.4. The van der Waals surface area contributed by atoms with Crippen LogP contribution in [-0.4, -0.2) is 77.1 Å². The van der Waals surface area contributed by atoms with Crippen molar-refractivity contribution in [3.8, 4) is 0 Å². The molecule has 3 aromatic rings. The van der Waals surface area contributed by atoms with Crippen LogP contribution in [-0.2, 0) is 44.2 Å². The minimum Gasteiger partial charge on any atom is -0.469 e. The smallest absolute Gasteiger partial charge is 0.408 e. The van der Waals surface area contributed by atoms with Crippen molar-refractivity contribution >= 4 is 30.8 Å². The van der Waals surface area contributed by atoms with Gasteiger partial charge < -0.3 is 38.2 Å². The lowest BCUT2D eigenvalue weighted by Gasteiger charge is -2.55. The molecule has 2 heterocycles. The molecule has 2 bridgehead atoms. The third kappa shape index (κ3) is 7.55. The predicted octanol–water partition coefficient (Wildman–Crippen LogP) is 5.24. The van der Waals surface area contributed by atoms with Crippen LogP contribution in [0.1, 0.15) is 46.6 Å². The third-order valence-corrected chi connectivity index (χ3v) is 15.1. The SMILES string of the molecule is COC(=O)C[C@]12NC(=O)OC(C(CO[Si](c3ccccc3)(c3ccccc3)C(C)(C)C)=CC1OCOCc1ccccc1)C2C1COC(C)(C)O1. The van der Waals surface area contributed by atoms with Gasteiger partial charge in [0.05, 0.1) is 50.9 Å². The summed E-state index contributed by atoms with van der Waals surface area (Å²) >= 11 is 0. The average Bonchev–Trinajstić information content (AvgIpc) is 3.47. The van der Waals surface area contributed by atoms with Crippen molar-refractivity contribution in [2.24, 2.45) is 5.92 Å². The number of nitrogens with one attached hydrogen (secondary N) is 1. The average molecular weight is 716 g/mol. The number of alkyl carbamates (subject to hydrolysis) is 1. The highest BCUT2D eigenvalue weighted by Crippen LogP contribution is 2.48. The standard InChI is InChI=1S/C40H49NO9Si/c1-38(2,3)51(30-18-12-8-13-19-30,31-20-14-9-15-21-31)48-25-29-22-33(46-27-45-24-28-16-10-7-11-17-28)40(23-34(42)44-6)35(36(29)49-37(43)41-40)32-26-47-39(4,5)50-32/h7-22,32-33,35-36H,23-27H2,1-6H3,(H,41,43)/t32?,33?,35?,36?,40-/m0/s1. The highest BCUT2D eigenvalue weighted by molar-refractivity contribution is 6.99. The number of carbonyl (C=O) groups excluding carboxylic acids is 2. The number of hydrogen-bond acceptors (Lipinski definition) is 9. The van der Waals surface area contributed by atoms with Gasteiger partial charge in [0, 0.05) is 0 Å². The normalized spacial score (nSPS) is 25.8. The van der Waals surface area contributed by atoms with Crippen LogP contribution in [0.5, 0.6) is 0 Å². The van der Waals surface area contributed by atoms with Gasteiger partial charge in [-0.1, -0.05) is 112 Å². The Morgan fingerprint density at radius 3 is 2.08 bits per heavy atom. The van der Waals surface area contributed by atoms with Crippen LogP contribution in [0.15, 0.2) is 103 Å². The third-order valence-electron chi connectivity index (χ3n) is 10.1. The number of ether oxygens (including phenoxy) is 6. The quantitative estimate of drug-likeness (QED) is 0.0836. The molecule has 3 aromatic carbocycles. The van der Waals surface area contributed by atoms with E-state index in [1.165, 1.54) is 7.11 Å². The predicted molar refractivity (Wildman–Crippen MR) is 194 cm³/mol. The Hall–Kier alpha value is -3.84. The van der Waals surface area contributed by atoms with E-state index in [2.05, 4.69) is 50.4 Å². The molecular weight excluding hydrogens is 667 g/mol. The molecule has 3 aliphatic rings. The number of carbonyl (C=O) groups is 2. The zero-order chi connectivity index (χ0) is 36.3. The molecule has 0 spiro atoms. The molecule has 4 unspecified atom stereocenters. The number of hydrogen-bond donors (Lipinski definition) is 1. The van der Waals surface area contributed by atoms with Gasteiger partial charge in [-0.25, -0.2) is 4.79 Å². The first-order valence-electron chi connectivity index (χ1n) is 17.4. The molecule has 0 saturated carbocycles. The number of fused-ring (bicyclic) bond motifs is 2. The van der Waals surface area contributed by atoms with E-state index < -0.39 is 55.9 Å². The topological polar surface area (TPSA) is 111 Å². The highest BCUT2D eigenvalue weighted by Gasteiger charge is 2.64. The number of esters is 1. The largest absolute Gasteiger partial charge is 0.469 e. The number of benzene rings is 3. The van der Waals surface area contributed by atoms with Crippen LogP contribution in [0.2, 0.25) is 5.04 Å². The Kier molecular flexibility index (Phi) is 10.9. The second-order valence-corrected chi connectivity index (χ2v) is 19.2. The van der Waals surface area contributed by atoms with Gasteiger partial charge >= 0.3 is 12.1 Å². The number of methoxy groups -OCH3 is 1. The zero-order valence-electron chi connectivity index (χ0n) is 30.3. The van der Waals surface area contributed by atoms with E-state index in [4.69, 9.17) is 32.8 Å². The van der Waals surface area contributed by atoms with Crippen LogP contribution in [0.3, 0.4) is 0 Å². The van der Waals surface area contributed by atoms with Gasteiger partial charge in [0.15, 0.2) is 5.79 Å². The zero-order valence-corrected chi connectivity index (χ0v) is 31.3. The van der Waals surface area contributed by atoms with E-state index in [-0.39, 0.29) is 31.5 Å². The summed E-state index contributed by atoms with van der Waals surface area (Å²) in [6, 6.07) is 30.5. The Bertz CT molecular complexity index is 1640. The maximum absolute atomic E-state index is 13.5. The van der Waals surface area contributed by atoms with Crippen molar-refractivity contribution < 1.29 is 42.4 Å². The second kappa shape index (κ2) is 15.0. The Balaban J connectivity index is 1.43. The molecular formula is C40H49NO9Si. The molecule has 0 radical (unpaired) electrons. The van der Waals surface area contributed by atoms with E-state index in [0.717, 1.165) is 15.9 Å². The minimum absolute atomic E-state index is 0.108. The van der Waals surface area contributed by atoms with Crippen LogP contribution in [0, 0.1) is 5.92 Å². The fourth-order valence-corrected chi connectivity index (χ4v) is 12.4. The van der Waals surface area contributed by atoms with Gasteiger partial charge in [0.1, 0.15) is 19.0 Å². The van der Waals surface area contributed by atoms with Crippen LogP contribution < -0.4 is 15.7 Å². The van der Waals surface area contributed by atoms with Gasteiger partial charge in [-0.05, 0) is 46.5 Å². The summed E-state index contributed by atoms with van der Waals surface area (Å²) in [4.78, 5) is 26.7. The molecule has 2 saturated heterocycles. The van der Waals surface area contributed by atoms with E-state index in [1.54, 1.807) is 0 Å². The Labute approximate surface area is 301 Å². The minimum atomic E-state index is -3.00. The fourth-order valence-electron chi connectivity index (χ4n) is 7.89. The molecule has 1 aliphatic carbocycles. The first-order valence-corrected chi connectivity index (χ1v) is 19.4. The van der Waals surface area contributed by atoms with Crippen LogP contribution >= 0.6 is 0 Å². The number of rotatable bonds is 13. The monoisotopic (exact) mass is 715 g/mol. The summed E-state index contributed by atoms with van der Waals surface area (Å²) in [6.07, 6.45) is -1.16. The lowest BCUT2D eigenvalue weighted by Crippen LogP contribution is -2.74. The summed E-state index contributed by atoms with van der Waals surface area (Å²) in [7, 11) is -1.68.